The SMILES string of the molecule is CCC1CCCCCN1C(=O)C1CCCNC1. The average molecular weight is 238 g/mol. The lowest BCUT2D eigenvalue weighted by Gasteiger charge is -2.34. The van der Waals surface area contributed by atoms with Gasteiger partial charge < -0.3 is 10.2 Å². The number of nitrogens with one attached hydrogen (secondary N) is 1. The molecule has 3 heteroatoms. The second kappa shape index (κ2) is 6.39. The molecule has 17 heavy (non-hydrogen) atoms. The largest absolute Gasteiger partial charge is 0.339 e. The third kappa shape index (κ3) is 3.21. The van der Waals surface area contributed by atoms with Gasteiger partial charge in [-0.05, 0) is 38.6 Å². The molecule has 2 aliphatic rings. The molecule has 0 radical (unpaired) electrons. The van der Waals surface area contributed by atoms with Crippen LogP contribution in [-0.4, -0.2) is 36.5 Å². The number of amides is 1. The smallest absolute Gasteiger partial charge is 0.227 e. The van der Waals surface area contributed by atoms with Gasteiger partial charge in [0.15, 0.2) is 0 Å². The van der Waals surface area contributed by atoms with Crippen molar-refractivity contribution in [3.8, 4) is 0 Å². The molecule has 0 saturated carbocycles. The van der Waals surface area contributed by atoms with Gasteiger partial charge in [-0.1, -0.05) is 19.8 Å². The van der Waals surface area contributed by atoms with Crippen molar-refractivity contribution in [2.45, 2.75) is 57.9 Å². The van der Waals surface area contributed by atoms with E-state index in [1.165, 1.54) is 25.7 Å². The first-order valence-electron chi connectivity index (χ1n) is 7.34. The van der Waals surface area contributed by atoms with E-state index in [2.05, 4.69) is 17.1 Å². The Balaban J connectivity index is 1.98. The first kappa shape index (κ1) is 12.9. The van der Waals surface area contributed by atoms with E-state index in [1.807, 2.05) is 0 Å². The monoisotopic (exact) mass is 238 g/mol. The summed E-state index contributed by atoms with van der Waals surface area (Å²) in [5, 5.41) is 3.36. The van der Waals surface area contributed by atoms with Crippen molar-refractivity contribution in [1.29, 1.82) is 0 Å². The van der Waals surface area contributed by atoms with Gasteiger partial charge in [-0.2, -0.15) is 0 Å². The number of carbonyl (C=O) groups excluding carboxylic acids is 1. The Kier molecular flexibility index (Phi) is 4.84. The Labute approximate surface area is 105 Å². The summed E-state index contributed by atoms with van der Waals surface area (Å²) in [6.45, 7) is 5.19. The minimum atomic E-state index is 0.246. The molecule has 0 aliphatic carbocycles. The summed E-state index contributed by atoms with van der Waals surface area (Å²) in [4.78, 5) is 14.8. The number of likely N-dealkylation sites (tertiary alicyclic amines) is 1. The van der Waals surface area contributed by atoms with Crippen LogP contribution in [0.1, 0.15) is 51.9 Å². The maximum atomic E-state index is 12.6. The third-order valence-electron chi connectivity index (χ3n) is 4.28. The zero-order valence-corrected chi connectivity index (χ0v) is 11.1. The van der Waals surface area contributed by atoms with Crippen LogP contribution in [0.3, 0.4) is 0 Å². The number of piperidine rings is 1. The Morgan fingerprint density at radius 3 is 2.82 bits per heavy atom. The Morgan fingerprint density at radius 2 is 2.12 bits per heavy atom. The Bertz CT molecular complexity index is 249. The second-order valence-corrected chi connectivity index (χ2v) is 5.49. The Morgan fingerprint density at radius 1 is 1.24 bits per heavy atom. The van der Waals surface area contributed by atoms with Gasteiger partial charge in [0.05, 0.1) is 5.92 Å². The van der Waals surface area contributed by atoms with Gasteiger partial charge in [0.2, 0.25) is 5.91 Å². The molecule has 2 heterocycles. The van der Waals surface area contributed by atoms with E-state index >= 15 is 0 Å². The third-order valence-corrected chi connectivity index (χ3v) is 4.28. The first-order valence-corrected chi connectivity index (χ1v) is 7.34. The minimum Gasteiger partial charge on any atom is -0.339 e. The summed E-state index contributed by atoms with van der Waals surface area (Å²) in [6.07, 6.45) is 8.35. The van der Waals surface area contributed by atoms with Crippen molar-refractivity contribution in [2.75, 3.05) is 19.6 Å². The van der Waals surface area contributed by atoms with E-state index < -0.39 is 0 Å². The van der Waals surface area contributed by atoms with Crippen LogP contribution in [0, 0.1) is 5.92 Å². The van der Waals surface area contributed by atoms with Crippen molar-refractivity contribution >= 4 is 5.91 Å². The molecule has 0 aromatic carbocycles. The van der Waals surface area contributed by atoms with Crippen LogP contribution < -0.4 is 5.32 Å². The molecular formula is C14H26N2O. The van der Waals surface area contributed by atoms with Crippen LogP contribution in [0.4, 0.5) is 0 Å². The predicted molar refractivity (Wildman–Crippen MR) is 69.9 cm³/mol. The number of nitrogens with zero attached hydrogens (tertiary/aromatic N) is 1. The van der Waals surface area contributed by atoms with Gasteiger partial charge >= 0.3 is 0 Å². The van der Waals surface area contributed by atoms with Crippen LogP contribution in [0.5, 0.6) is 0 Å². The van der Waals surface area contributed by atoms with Crippen molar-refractivity contribution in [2.24, 2.45) is 5.92 Å². The molecule has 2 aliphatic heterocycles. The molecule has 98 valence electrons. The Hall–Kier alpha value is -0.570. The van der Waals surface area contributed by atoms with Gasteiger partial charge in [-0.3, -0.25) is 4.79 Å². The highest BCUT2D eigenvalue weighted by atomic mass is 16.2. The van der Waals surface area contributed by atoms with Crippen LogP contribution in [0.25, 0.3) is 0 Å². The molecular weight excluding hydrogens is 212 g/mol. The maximum absolute atomic E-state index is 12.6. The fourth-order valence-corrected chi connectivity index (χ4v) is 3.19. The number of rotatable bonds is 2. The molecule has 2 unspecified atom stereocenters. The minimum absolute atomic E-state index is 0.246. The molecule has 0 aromatic heterocycles. The fourth-order valence-electron chi connectivity index (χ4n) is 3.19. The molecule has 0 aromatic rings. The first-order chi connectivity index (χ1) is 8.33. The summed E-state index contributed by atoms with van der Waals surface area (Å²) in [7, 11) is 0. The fraction of sp³-hybridized carbons (Fsp3) is 0.929. The summed E-state index contributed by atoms with van der Waals surface area (Å²) in [5.74, 6) is 0.668. The molecule has 1 N–H and O–H groups in total. The predicted octanol–water partition coefficient (Wildman–Crippen LogP) is 2.17. The number of hydrogen-bond donors (Lipinski definition) is 1. The van der Waals surface area contributed by atoms with Crippen LogP contribution in [0.15, 0.2) is 0 Å². The molecule has 2 rings (SSSR count). The van der Waals surface area contributed by atoms with E-state index in [-0.39, 0.29) is 5.92 Å². The van der Waals surface area contributed by atoms with Crippen molar-refractivity contribution in [1.82, 2.24) is 10.2 Å². The topological polar surface area (TPSA) is 32.3 Å². The van der Waals surface area contributed by atoms with Crippen LogP contribution in [-0.2, 0) is 4.79 Å². The maximum Gasteiger partial charge on any atom is 0.227 e. The van der Waals surface area contributed by atoms with E-state index in [0.29, 0.717) is 11.9 Å². The van der Waals surface area contributed by atoms with Gasteiger partial charge in [-0.25, -0.2) is 0 Å². The van der Waals surface area contributed by atoms with Gasteiger partial charge in [-0.15, -0.1) is 0 Å². The molecule has 2 saturated heterocycles. The normalized spacial score (nSPS) is 31.0. The lowest BCUT2D eigenvalue weighted by atomic mass is 9.96. The van der Waals surface area contributed by atoms with Crippen molar-refractivity contribution in [3.63, 3.8) is 0 Å². The number of hydrogen-bond acceptors (Lipinski definition) is 2. The molecule has 0 spiro atoms. The molecule has 3 nitrogen and oxygen atoms in total. The zero-order valence-electron chi connectivity index (χ0n) is 11.1. The highest BCUT2D eigenvalue weighted by molar-refractivity contribution is 5.79. The summed E-state index contributed by atoms with van der Waals surface area (Å²) in [5.41, 5.74) is 0. The average Bonchev–Trinajstić information content (AvgIpc) is 2.64. The van der Waals surface area contributed by atoms with E-state index in [0.717, 1.165) is 38.9 Å². The standard InChI is InChI=1S/C14H26N2O/c1-2-13-8-4-3-5-10-16(13)14(17)12-7-6-9-15-11-12/h12-13,15H,2-11H2,1H3. The van der Waals surface area contributed by atoms with E-state index in [4.69, 9.17) is 0 Å². The highest BCUT2D eigenvalue weighted by Crippen LogP contribution is 2.23. The van der Waals surface area contributed by atoms with Crippen LogP contribution in [0.2, 0.25) is 0 Å². The lowest BCUT2D eigenvalue weighted by molar-refractivity contribution is -0.138. The van der Waals surface area contributed by atoms with Crippen LogP contribution >= 0.6 is 0 Å². The second-order valence-electron chi connectivity index (χ2n) is 5.49. The zero-order chi connectivity index (χ0) is 12.1. The highest BCUT2D eigenvalue weighted by Gasteiger charge is 2.30. The number of carbonyl (C=O) groups is 1. The van der Waals surface area contributed by atoms with E-state index in [9.17, 15) is 4.79 Å². The molecule has 2 fully saturated rings. The van der Waals surface area contributed by atoms with Gasteiger partial charge in [0.25, 0.3) is 0 Å². The summed E-state index contributed by atoms with van der Waals surface area (Å²) in [6, 6.07) is 0.506. The molecule has 2 atom stereocenters. The van der Waals surface area contributed by atoms with Crippen molar-refractivity contribution < 1.29 is 4.79 Å². The molecule has 1 amide bonds. The van der Waals surface area contributed by atoms with Gasteiger partial charge in [0.1, 0.15) is 0 Å². The van der Waals surface area contributed by atoms with Gasteiger partial charge in [0, 0.05) is 19.1 Å². The van der Waals surface area contributed by atoms with E-state index in [1.54, 1.807) is 0 Å². The summed E-state index contributed by atoms with van der Waals surface area (Å²) < 4.78 is 0. The molecule has 0 bridgehead atoms. The quantitative estimate of drug-likeness (QED) is 0.799. The lowest BCUT2D eigenvalue weighted by Crippen LogP contribution is -2.47. The van der Waals surface area contributed by atoms with Crippen molar-refractivity contribution in [3.05, 3.63) is 0 Å². The summed E-state index contributed by atoms with van der Waals surface area (Å²) >= 11 is 0.